The van der Waals surface area contributed by atoms with E-state index in [0.29, 0.717) is 0 Å². The fourth-order valence-electron chi connectivity index (χ4n) is 6.07. The number of aryl methyl sites for hydroxylation is 1. The first-order chi connectivity index (χ1) is 19.4. The van der Waals surface area contributed by atoms with Crippen molar-refractivity contribution in [3.05, 3.63) is 101 Å². The van der Waals surface area contributed by atoms with Crippen molar-refractivity contribution in [3.63, 3.8) is 0 Å². The molecule has 216 valence electrons. The largest absolute Gasteiger partial charge is 0.377 e. The van der Waals surface area contributed by atoms with Crippen molar-refractivity contribution < 1.29 is 4.79 Å². The predicted octanol–water partition coefficient (Wildman–Crippen LogP) is 9.42. The SMILES string of the molecule is C/C=C(\C=C/CCN(C)C1=C(c2ccccc2C)CCCC1)C(C(=O)N[C@@H](C)c1ccccc1)C(C)CCCC. The van der Waals surface area contributed by atoms with Crippen LogP contribution in [0, 0.1) is 18.8 Å². The number of rotatable bonds is 14. The minimum atomic E-state index is -0.148. The van der Waals surface area contributed by atoms with Gasteiger partial charge in [-0.05, 0) is 93.1 Å². The summed E-state index contributed by atoms with van der Waals surface area (Å²) in [5.41, 5.74) is 8.07. The van der Waals surface area contributed by atoms with E-state index >= 15 is 0 Å². The van der Waals surface area contributed by atoms with Crippen molar-refractivity contribution >= 4 is 11.5 Å². The Bertz CT molecular complexity index is 1160. The molecule has 0 bridgehead atoms. The molecule has 0 aromatic heterocycles. The lowest BCUT2D eigenvalue weighted by Crippen LogP contribution is -2.36. The minimum absolute atomic E-state index is 0.0171. The number of nitrogens with one attached hydrogen (secondary N) is 1. The van der Waals surface area contributed by atoms with Crippen LogP contribution in [0.15, 0.2) is 84.1 Å². The van der Waals surface area contributed by atoms with Gasteiger partial charge < -0.3 is 10.2 Å². The highest BCUT2D eigenvalue weighted by molar-refractivity contribution is 5.83. The topological polar surface area (TPSA) is 32.3 Å². The lowest BCUT2D eigenvalue weighted by atomic mass is 9.82. The third-order valence-corrected chi connectivity index (χ3v) is 8.53. The summed E-state index contributed by atoms with van der Waals surface area (Å²) >= 11 is 0. The maximum absolute atomic E-state index is 13.7. The summed E-state index contributed by atoms with van der Waals surface area (Å²) in [5, 5.41) is 3.32. The number of amides is 1. The first-order valence-corrected chi connectivity index (χ1v) is 15.5. The van der Waals surface area contributed by atoms with Crippen LogP contribution in [0.5, 0.6) is 0 Å². The maximum atomic E-state index is 13.7. The van der Waals surface area contributed by atoms with Crippen LogP contribution in [-0.4, -0.2) is 24.4 Å². The molecule has 2 unspecified atom stereocenters. The van der Waals surface area contributed by atoms with Crippen molar-refractivity contribution in [1.82, 2.24) is 10.2 Å². The molecule has 2 aromatic carbocycles. The van der Waals surface area contributed by atoms with Gasteiger partial charge in [0.1, 0.15) is 0 Å². The summed E-state index contributed by atoms with van der Waals surface area (Å²) in [6, 6.07) is 19.0. The quantitative estimate of drug-likeness (QED) is 0.242. The molecule has 3 heteroatoms. The van der Waals surface area contributed by atoms with E-state index < -0.39 is 0 Å². The van der Waals surface area contributed by atoms with Gasteiger partial charge in [0.15, 0.2) is 0 Å². The second-order valence-electron chi connectivity index (χ2n) is 11.6. The molecule has 0 aliphatic heterocycles. The monoisotopic (exact) mass is 540 g/mol. The average molecular weight is 541 g/mol. The first kappa shape index (κ1) is 31.5. The Morgan fingerprint density at radius 3 is 2.42 bits per heavy atom. The van der Waals surface area contributed by atoms with Gasteiger partial charge in [-0.3, -0.25) is 4.79 Å². The van der Waals surface area contributed by atoms with Gasteiger partial charge in [-0.2, -0.15) is 0 Å². The standard InChI is InChI=1S/C37H52N2O/c1-7-9-19-29(4)36(37(40)38-30(5)32-22-11-10-12-23-32)31(8-2)21-17-18-27-39(6)35-26-16-15-25-34(35)33-24-14-13-20-28(33)3/h8,10-14,17,20-24,29-30,36H,7,9,15-16,18-19,25-27H2,1-6H3,(H,38,40)/b21-17-,31-8+/t29?,30-,36?/m0/s1. The number of unbranched alkanes of at least 4 members (excludes halogenated alkanes) is 1. The van der Waals surface area contributed by atoms with Gasteiger partial charge in [0, 0.05) is 19.3 Å². The zero-order valence-corrected chi connectivity index (χ0v) is 25.9. The molecule has 0 spiro atoms. The van der Waals surface area contributed by atoms with Crippen molar-refractivity contribution in [3.8, 4) is 0 Å². The van der Waals surface area contributed by atoms with E-state index in [1.807, 2.05) is 18.2 Å². The van der Waals surface area contributed by atoms with Crippen LogP contribution in [0.3, 0.4) is 0 Å². The minimum Gasteiger partial charge on any atom is -0.377 e. The predicted molar refractivity (Wildman–Crippen MR) is 172 cm³/mol. The fraction of sp³-hybridized carbons (Fsp3) is 0.486. The maximum Gasteiger partial charge on any atom is 0.228 e. The number of allylic oxidation sites excluding steroid dienone is 4. The highest BCUT2D eigenvalue weighted by Gasteiger charge is 2.28. The van der Waals surface area contributed by atoms with Crippen molar-refractivity contribution in [2.45, 2.75) is 92.0 Å². The molecule has 3 atom stereocenters. The Morgan fingerprint density at radius 1 is 1.02 bits per heavy atom. The van der Waals surface area contributed by atoms with Gasteiger partial charge in [0.2, 0.25) is 5.91 Å². The molecular formula is C37H52N2O. The van der Waals surface area contributed by atoms with Gasteiger partial charge >= 0.3 is 0 Å². The van der Waals surface area contributed by atoms with Crippen LogP contribution in [0.25, 0.3) is 5.57 Å². The van der Waals surface area contributed by atoms with Crippen LogP contribution in [0.1, 0.15) is 102 Å². The lowest BCUT2D eigenvalue weighted by Gasteiger charge is -2.30. The molecule has 3 rings (SSSR count). The van der Waals surface area contributed by atoms with E-state index in [-0.39, 0.29) is 23.8 Å². The Balaban J connectivity index is 1.71. The van der Waals surface area contributed by atoms with E-state index in [4.69, 9.17) is 0 Å². The number of hydrogen-bond acceptors (Lipinski definition) is 2. The normalized spacial score (nSPS) is 16.6. The Labute approximate surface area is 244 Å². The summed E-state index contributed by atoms with van der Waals surface area (Å²) in [6.45, 7) is 11.8. The van der Waals surface area contributed by atoms with Crippen LogP contribution in [-0.2, 0) is 4.79 Å². The Kier molecular flexibility index (Phi) is 12.8. The molecule has 0 fully saturated rings. The van der Waals surface area contributed by atoms with Crippen LogP contribution in [0.4, 0.5) is 0 Å². The third-order valence-electron chi connectivity index (χ3n) is 8.53. The Morgan fingerprint density at radius 2 is 1.73 bits per heavy atom. The zero-order valence-electron chi connectivity index (χ0n) is 25.9. The molecule has 0 saturated carbocycles. The van der Waals surface area contributed by atoms with Gasteiger partial charge in [0.25, 0.3) is 0 Å². The van der Waals surface area contributed by atoms with Gasteiger partial charge in [-0.1, -0.05) is 99.5 Å². The van der Waals surface area contributed by atoms with E-state index in [2.05, 4.69) is 107 Å². The zero-order chi connectivity index (χ0) is 28.9. The van der Waals surface area contributed by atoms with Crippen molar-refractivity contribution in [1.29, 1.82) is 0 Å². The fourth-order valence-corrected chi connectivity index (χ4v) is 6.07. The molecule has 2 aromatic rings. The summed E-state index contributed by atoms with van der Waals surface area (Å²) < 4.78 is 0. The molecule has 0 radical (unpaired) electrons. The highest BCUT2D eigenvalue weighted by atomic mass is 16.2. The number of benzene rings is 2. The molecule has 0 heterocycles. The third kappa shape index (κ3) is 8.71. The molecule has 1 aliphatic rings. The van der Waals surface area contributed by atoms with Crippen LogP contribution >= 0.6 is 0 Å². The number of carbonyl (C=O) groups excluding carboxylic acids is 1. The smallest absolute Gasteiger partial charge is 0.228 e. The van der Waals surface area contributed by atoms with E-state index in [1.165, 1.54) is 35.2 Å². The molecule has 1 N–H and O–H groups in total. The van der Waals surface area contributed by atoms with Gasteiger partial charge in [0.05, 0.1) is 12.0 Å². The average Bonchev–Trinajstić information content (AvgIpc) is 2.98. The lowest BCUT2D eigenvalue weighted by molar-refractivity contribution is -0.125. The second-order valence-corrected chi connectivity index (χ2v) is 11.6. The van der Waals surface area contributed by atoms with E-state index in [0.717, 1.165) is 56.2 Å². The van der Waals surface area contributed by atoms with Crippen LogP contribution in [0.2, 0.25) is 0 Å². The number of hydrogen-bond donors (Lipinski definition) is 1. The molecular weight excluding hydrogens is 488 g/mol. The highest BCUT2D eigenvalue weighted by Crippen LogP contribution is 2.35. The van der Waals surface area contributed by atoms with E-state index in [1.54, 1.807) is 0 Å². The van der Waals surface area contributed by atoms with Crippen LogP contribution < -0.4 is 5.32 Å². The number of nitrogens with zero attached hydrogens (tertiary/aromatic N) is 1. The first-order valence-electron chi connectivity index (χ1n) is 15.5. The summed E-state index contributed by atoms with van der Waals surface area (Å²) in [6.07, 6.45) is 15.8. The van der Waals surface area contributed by atoms with E-state index in [9.17, 15) is 4.79 Å². The molecule has 0 saturated heterocycles. The van der Waals surface area contributed by atoms with Crippen molar-refractivity contribution in [2.75, 3.05) is 13.6 Å². The molecule has 40 heavy (non-hydrogen) atoms. The van der Waals surface area contributed by atoms with Crippen molar-refractivity contribution in [2.24, 2.45) is 11.8 Å². The molecule has 3 nitrogen and oxygen atoms in total. The van der Waals surface area contributed by atoms with Gasteiger partial charge in [-0.25, -0.2) is 0 Å². The Hall–Kier alpha value is -3.07. The summed E-state index contributed by atoms with van der Waals surface area (Å²) in [4.78, 5) is 16.1. The molecule has 1 aliphatic carbocycles. The van der Waals surface area contributed by atoms with Gasteiger partial charge in [-0.15, -0.1) is 0 Å². The summed E-state index contributed by atoms with van der Waals surface area (Å²) in [7, 11) is 2.25. The second kappa shape index (κ2) is 16.3. The molecule has 1 amide bonds. The summed E-state index contributed by atoms with van der Waals surface area (Å²) in [5.74, 6) is 0.265. The number of carbonyl (C=O) groups is 1.